The first-order valence-corrected chi connectivity index (χ1v) is 5.97. The second-order valence-electron chi connectivity index (χ2n) is 2.91. The minimum atomic E-state index is -3.36. The predicted molar refractivity (Wildman–Crippen MR) is 54.5 cm³/mol. The van der Waals surface area contributed by atoms with Crippen LogP contribution in [0.3, 0.4) is 0 Å². The van der Waals surface area contributed by atoms with Gasteiger partial charge in [-0.05, 0) is 25.6 Å². The van der Waals surface area contributed by atoms with Gasteiger partial charge in [-0.15, -0.1) is 0 Å². The third-order valence-corrected chi connectivity index (χ3v) is 3.38. The van der Waals surface area contributed by atoms with E-state index < -0.39 is 10.0 Å². The molecule has 0 fully saturated rings. The molecule has 14 heavy (non-hydrogen) atoms. The Labute approximate surface area is 84.4 Å². The van der Waals surface area contributed by atoms with E-state index in [1.807, 2.05) is 6.92 Å². The van der Waals surface area contributed by atoms with Gasteiger partial charge in [0.1, 0.15) is 4.90 Å². The molecule has 4 nitrogen and oxygen atoms in total. The van der Waals surface area contributed by atoms with Crippen LogP contribution in [0.15, 0.2) is 23.2 Å². The van der Waals surface area contributed by atoms with Gasteiger partial charge in [0.05, 0.1) is 5.69 Å². The molecule has 0 spiro atoms. The molecular formula is C9H14N2O2S. The second-order valence-corrected chi connectivity index (χ2v) is 4.76. The van der Waals surface area contributed by atoms with E-state index in [1.54, 1.807) is 18.3 Å². The van der Waals surface area contributed by atoms with E-state index in [4.69, 9.17) is 0 Å². The Bertz CT molecular complexity index is 401. The van der Waals surface area contributed by atoms with Crippen LogP contribution in [0, 0.1) is 0 Å². The second kappa shape index (κ2) is 4.52. The van der Waals surface area contributed by atoms with Crippen molar-refractivity contribution in [3.8, 4) is 0 Å². The molecule has 0 atom stereocenters. The van der Waals surface area contributed by atoms with Crippen molar-refractivity contribution in [2.75, 3.05) is 7.05 Å². The highest BCUT2D eigenvalue weighted by Gasteiger charge is 2.15. The van der Waals surface area contributed by atoms with Crippen LogP contribution in [0.1, 0.15) is 19.0 Å². The van der Waals surface area contributed by atoms with E-state index in [0.717, 1.165) is 6.42 Å². The SMILES string of the molecule is CCCc1ncccc1S(=O)(=O)NC. The van der Waals surface area contributed by atoms with Crippen molar-refractivity contribution in [1.29, 1.82) is 0 Å². The van der Waals surface area contributed by atoms with Gasteiger partial charge in [0.15, 0.2) is 0 Å². The van der Waals surface area contributed by atoms with Crippen molar-refractivity contribution in [2.24, 2.45) is 0 Å². The number of sulfonamides is 1. The maximum Gasteiger partial charge on any atom is 0.242 e. The van der Waals surface area contributed by atoms with Gasteiger partial charge in [0.2, 0.25) is 10.0 Å². The zero-order chi connectivity index (χ0) is 10.6. The summed E-state index contributed by atoms with van der Waals surface area (Å²) in [6.07, 6.45) is 3.17. The van der Waals surface area contributed by atoms with Crippen molar-refractivity contribution in [3.05, 3.63) is 24.0 Å². The summed E-state index contributed by atoms with van der Waals surface area (Å²) in [7, 11) is -1.96. The molecule has 1 aromatic rings. The van der Waals surface area contributed by atoms with Crippen LogP contribution in [0.5, 0.6) is 0 Å². The topological polar surface area (TPSA) is 59.1 Å². The van der Waals surface area contributed by atoms with Crippen LogP contribution >= 0.6 is 0 Å². The molecule has 0 saturated heterocycles. The molecule has 0 aliphatic rings. The van der Waals surface area contributed by atoms with Crippen LogP contribution in [0.2, 0.25) is 0 Å². The monoisotopic (exact) mass is 214 g/mol. The maximum atomic E-state index is 11.5. The third kappa shape index (κ3) is 2.30. The quantitative estimate of drug-likeness (QED) is 0.811. The zero-order valence-electron chi connectivity index (χ0n) is 8.32. The van der Waals surface area contributed by atoms with Crippen LogP contribution in [0.25, 0.3) is 0 Å². The van der Waals surface area contributed by atoms with Crippen molar-refractivity contribution in [3.63, 3.8) is 0 Å². The lowest BCUT2D eigenvalue weighted by Gasteiger charge is -2.06. The Morgan fingerprint density at radius 1 is 1.50 bits per heavy atom. The summed E-state index contributed by atoms with van der Waals surface area (Å²) in [6, 6.07) is 3.20. The first-order valence-electron chi connectivity index (χ1n) is 4.49. The number of hydrogen-bond donors (Lipinski definition) is 1. The summed E-state index contributed by atoms with van der Waals surface area (Å²) in [5.41, 5.74) is 0.629. The highest BCUT2D eigenvalue weighted by Crippen LogP contribution is 2.13. The van der Waals surface area contributed by atoms with Gasteiger partial charge in [-0.25, -0.2) is 13.1 Å². The molecule has 5 heteroatoms. The molecule has 0 saturated carbocycles. The number of aryl methyl sites for hydroxylation is 1. The molecule has 0 unspecified atom stereocenters. The molecule has 1 rings (SSSR count). The summed E-state index contributed by atoms with van der Waals surface area (Å²) >= 11 is 0. The lowest BCUT2D eigenvalue weighted by Crippen LogP contribution is -2.20. The fourth-order valence-corrected chi connectivity index (χ4v) is 2.15. The summed E-state index contributed by atoms with van der Waals surface area (Å²) in [5, 5.41) is 0. The molecule has 1 heterocycles. The van der Waals surface area contributed by atoms with E-state index in [0.29, 0.717) is 12.1 Å². The van der Waals surface area contributed by atoms with Crippen molar-refractivity contribution in [2.45, 2.75) is 24.7 Å². The van der Waals surface area contributed by atoms with Gasteiger partial charge >= 0.3 is 0 Å². The van der Waals surface area contributed by atoms with Crippen LogP contribution in [0.4, 0.5) is 0 Å². The number of hydrogen-bond acceptors (Lipinski definition) is 3. The van der Waals surface area contributed by atoms with E-state index >= 15 is 0 Å². The van der Waals surface area contributed by atoms with Crippen molar-refractivity contribution in [1.82, 2.24) is 9.71 Å². The lowest BCUT2D eigenvalue weighted by molar-refractivity contribution is 0.586. The Morgan fingerprint density at radius 2 is 2.21 bits per heavy atom. The molecule has 78 valence electrons. The highest BCUT2D eigenvalue weighted by atomic mass is 32.2. The number of rotatable bonds is 4. The smallest absolute Gasteiger partial charge is 0.242 e. The average Bonchev–Trinajstić information content (AvgIpc) is 2.19. The van der Waals surface area contributed by atoms with Gasteiger partial charge in [0, 0.05) is 6.20 Å². The van der Waals surface area contributed by atoms with Gasteiger partial charge in [-0.3, -0.25) is 4.98 Å². The lowest BCUT2D eigenvalue weighted by atomic mass is 10.2. The fourth-order valence-electron chi connectivity index (χ4n) is 1.20. The Balaban J connectivity index is 3.20. The number of nitrogens with one attached hydrogen (secondary N) is 1. The fraction of sp³-hybridized carbons (Fsp3) is 0.444. The molecule has 1 aromatic heterocycles. The molecule has 0 bridgehead atoms. The van der Waals surface area contributed by atoms with E-state index in [2.05, 4.69) is 9.71 Å². The molecule has 0 aliphatic carbocycles. The van der Waals surface area contributed by atoms with Gasteiger partial charge in [-0.1, -0.05) is 13.3 Å². The average molecular weight is 214 g/mol. The Hall–Kier alpha value is -0.940. The minimum absolute atomic E-state index is 0.282. The number of pyridine rings is 1. The standard InChI is InChI=1S/C9H14N2O2S/c1-3-5-8-9(6-4-7-11-8)14(12,13)10-2/h4,6-7,10H,3,5H2,1-2H3. The van der Waals surface area contributed by atoms with Gasteiger partial charge in [0.25, 0.3) is 0 Å². The van der Waals surface area contributed by atoms with Gasteiger partial charge < -0.3 is 0 Å². The van der Waals surface area contributed by atoms with Crippen molar-refractivity contribution >= 4 is 10.0 Å². The zero-order valence-corrected chi connectivity index (χ0v) is 9.13. The molecule has 0 radical (unpaired) electrons. The van der Waals surface area contributed by atoms with Crippen molar-refractivity contribution < 1.29 is 8.42 Å². The van der Waals surface area contributed by atoms with Crippen LogP contribution in [-0.4, -0.2) is 20.4 Å². The summed E-state index contributed by atoms with van der Waals surface area (Å²) < 4.78 is 25.4. The first-order chi connectivity index (χ1) is 6.61. The summed E-state index contributed by atoms with van der Waals surface area (Å²) in [5.74, 6) is 0. The minimum Gasteiger partial charge on any atom is -0.260 e. The largest absolute Gasteiger partial charge is 0.260 e. The first kappa shape index (κ1) is 11.1. The predicted octanol–water partition coefficient (Wildman–Crippen LogP) is 0.942. The maximum absolute atomic E-state index is 11.5. The van der Waals surface area contributed by atoms with E-state index in [1.165, 1.54) is 7.05 Å². The highest BCUT2D eigenvalue weighted by molar-refractivity contribution is 7.89. The van der Waals surface area contributed by atoms with Crippen LogP contribution < -0.4 is 4.72 Å². The number of aromatic nitrogens is 1. The summed E-state index contributed by atoms with van der Waals surface area (Å²) in [6.45, 7) is 1.99. The Kier molecular flexibility index (Phi) is 3.60. The molecule has 0 aromatic carbocycles. The summed E-state index contributed by atoms with van der Waals surface area (Å²) in [4.78, 5) is 4.35. The van der Waals surface area contributed by atoms with Crippen LogP contribution in [-0.2, 0) is 16.4 Å². The molecule has 0 aliphatic heterocycles. The molecular weight excluding hydrogens is 200 g/mol. The van der Waals surface area contributed by atoms with E-state index in [-0.39, 0.29) is 4.90 Å². The molecule has 0 amide bonds. The van der Waals surface area contributed by atoms with E-state index in [9.17, 15) is 8.42 Å². The Morgan fingerprint density at radius 3 is 2.79 bits per heavy atom. The number of nitrogens with zero attached hydrogens (tertiary/aromatic N) is 1. The molecule has 1 N–H and O–H groups in total. The normalized spacial score (nSPS) is 11.6. The van der Waals surface area contributed by atoms with Gasteiger partial charge in [-0.2, -0.15) is 0 Å². The third-order valence-electron chi connectivity index (χ3n) is 1.89.